The van der Waals surface area contributed by atoms with E-state index in [1.165, 1.54) is 7.11 Å². The zero-order valence-electron chi connectivity index (χ0n) is 14.7. The largest absolute Gasteiger partial charge is 0.495 e. The summed E-state index contributed by atoms with van der Waals surface area (Å²) in [7, 11) is 1.50. The van der Waals surface area contributed by atoms with E-state index in [4.69, 9.17) is 4.74 Å². The van der Waals surface area contributed by atoms with Gasteiger partial charge in [-0.05, 0) is 40.8 Å². The zero-order valence-corrected chi connectivity index (χ0v) is 14.7. The minimum atomic E-state index is -1.18. The average molecular weight is 342 g/mol. The number of benzene rings is 1. The fourth-order valence-electron chi connectivity index (χ4n) is 2.61. The molecule has 0 aliphatic heterocycles. The standard InChI is InChI=1S/C19H22N2O4/c1-19(2,3)16(18(23)24)17(22)21-14-11-13(5-6-15(14)25-4)12-7-9-20-10-8-12/h5-11,16H,1-4H3,(H,21,22)(H,23,24). The quantitative estimate of drug-likeness (QED) is 0.813. The molecule has 2 N–H and O–H groups in total. The van der Waals surface area contributed by atoms with E-state index in [0.29, 0.717) is 11.4 Å². The highest BCUT2D eigenvalue weighted by Gasteiger charge is 2.38. The smallest absolute Gasteiger partial charge is 0.316 e. The van der Waals surface area contributed by atoms with Crippen LogP contribution in [0.5, 0.6) is 5.75 Å². The summed E-state index contributed by atoms with van der Waals surface area (Å²) in [4.78, 5) is 28.1. The highest BCUT2D eigenvalue weighted by atomic mass is 16.5. The number of nitrogens with one attached hydrogen (secondary N) is 1. The average Bonchev–Trinajstić information content (AvgIpc) is 2.53. The van der Waals surface area contributed by atoms with Crippen molar-refractivity contribution in [3.05, 3.63) is 42.7 Å². The molecule has 0 aliphatic rings. The molecule has 6 nitrogen and oxygen atoms in total. The lowest BCUT2D eigenvalue weighted by molar-refractivity contribution is -0.149. The first-order chi connectivity index (χ1) is 11.7. The highest BCUT2D eigenvalue weighted by molar-refractivity contribution is 6.05. The second-order valence-electron chi connectivity index (χ2n) is 6.78. The minimum Gasteiger partial charge on any atom is -0.495 e. The topological polar surface area (TPSA) is 88.5 Å². The Balaban J connectivity index is 2.37. The number of ether oxygens (including phenoxy) is 1. The molecule has 2 rings (SSSR count). The number of amides is 1. The van der Waals surface area contributed by atoms with Crippen molar-refractivity contribution >= 4 is 17.6 Å². The molecule has 0 bridgehead atoms. The van der Waals surface area contributed by atoms with Gasteiger partial charge in [0.15, 0.2) is 0 Å². The Kier molecular flexibility index (Phi) is 5.41. The maximum atomic E-state index is 12.6. The molecule has 6 heteroatoms. The van der Waals surface area contributed by atoms with E-state index in [2.05, 4.69) is 10.3 Å². The van der Waals surface area contributed by atoms with Crippen LogP contribution in [-0.2, 0) is 9.59 Å². The summed E-state index contributed by atoms with van der Waals surface area (Å²) in [5.74, 6) is -2.45. The molecule has 0 saturated carbocycles. The van der Waals surface area contributed by atoms with Crippen molar-refractivity contribution < 1.29 is 19.4 Å². The van der Waals surface area contributed by atoms with Crippen molar-refractivity contribution in [3.8, 4) is 16.9 Å². The molecule has 1 amide bonds. The number of anilines is 1. The Morgan fingerprint density at radius 2 is 1.76 bits per heavy atom. The Bertz CT molecular complexity index is 767. The third-order valence-corrected chi connectivity index (χ3v) is 3.85. The van der Waals surface area contributed by atoms with Gasteiger partial charge in [0.25, 0.3) is 0 Å². The van der Waals surface area contributed by atoms with Crippen LogP contribution < -0.4 is 10.1 Å². The lowest BCUT2D eigenvalue weighted by Crippen LogP contribution is -2.39. The number of carbonyl (C=O) groups is 2. The molecular formula is C19H22N2O4. The van der Waals surface area contributed by atoms with Gasteiger partial charge in [0.2, 0.25) is 5.91 Å². The van der Waals surface area contributed by atoms with Crippen LogP contribution >= 0.6 is 0 Å². The van der Waals surface area contributed by atoms with Crippen molar-refractivity contribution in [3.63, 3.8) is 0 Å². The molecule has 1 aromatic heterocycles. The van der Waals surface area contributed by atoms with E-state index in [1.807, 2.05) is 18.2 Å². The first kappa shape index (κ1) is 18.4. The molecule has 0 aliphatic carbocycles. The van der Waals surface area contributed by atoms with Gasteiger partial charge >= 0.3 is 5.97 Å². The summed E-state index contributed by atoms with van der Waals surface area (Å²) < 4.78 is 5.29. The van der Waals surface area contributed by atoms with Gasteiger partial charge in [0.1, 0.15) is 11.7 Å². The van der Waals surface area contributed by atoms with E-state index >= 15 is 0 Å². The molecule has 1 atom stereocenters. The molecule has 2 aromatic rings. The summed E-state index contributed by atoms with van der Waals surface area (Å²) in [5.41, 5.74) is 1.50. The SMILES string of the molecule is COc1ccc(-c2ccncc2)cc1NC(=O)C(C(=O)O)C(C)(C)C. The van der Waals surface area contributed by atoms with Crippen molar-refractivity contribution in [2.75, 3.05) is 12.4 Å². The van der Waals surface area contributed by atoms with Gasteiger partial charge in [0, 0.05) is 12.4 Å². The Labute approximate surface area is 146 Å². The molecule has 0 fully saturated rings. The second-order valence-corrected chi connectivity index (χ2v) is 6.78. The number of methoxy groups -OCH3 is 1. The van der Waals surface area contributed by atoms with Gasteiger partial charge in [-0.3, -0.25) is 14.6 Å². The van der Waals surface area contributed by atoms with E-state index in [9.17, 15) is 14.7 Å². The number of carboxylic acids is 1. The maximum Gasteiger partial charge on any atom is 0.316 e. The fraction of sp³-hybridized carbons (Fsp3) is 0.316. The lowest BCUT2D eigenvalue weighted by atomic mass is 9.80. The van der Waals surface area contributed by atoms with E-state index in [-0.39, 0.29) is 0 Å². The molecule has 0 radical (unpaired) electrons. The minimum absolute atomic E-state index is 0.428. The van der Waals surface area contributed by atoms with Crippen LogP contribution in [0.1, 0.15) is 20.8 Å². The van der Waals surface area contributed by atoms with Gasteiger partial charge in [0.05, 0.1) is 12.8 Å². The summed E-state index contributed by atoms with van der Waals surface area (Å²) >= 11 is 0. The van der Waals surface area contributed by atoms with E-state index < -0.39 is 23.2 Å². The number of hydrogen-bond donors (Lipinski definition) is 2. The van der Waals surface area contributed by atoms with Crippen LogP contribution in [-0.4, -0.2) is 29.1 Å². The third kappa shape index (κ3) is 4.35. The van der Waals surface area contributed by atoms with E-state index in [0.717, 1.165) is 11.1 Å². The lowest BCUT2D eigenvalue weighted by Gasteiger charge is -2.26. The zero-order chi connectivity index (χ0) is 18.6. The summed E-state index contributed by atoms with van der Waals surface area (Å²) in [5, 5.41) is 12.1. The predicted molar refractivity (Wildman–Crippen MR) is 95.4 cm³/mol. The predicted octanol–water partition coefficient (Wildman–Crippen LogP) is 3.44. The number of aromatic nitrogens is 1. The molecule has 1 unspecified atom stereocenters. The monoisotopic (exact) mass is 342 g/mol. The Morgan fingerprint density at radius 3 is 2.28 bits per heavy atom. The third-order valence-electron chi connectivity index (χ3n) is 3.85. The molecule has 25 heavy (non-hydrogen) atoms. The molecule has 0 saturated heterocycles. The molecule has 1 aromatic carbocycles. The number of rotatable bonds is 5. The van der Waals surface area contributed by atoms with Crippen LogP contribution in [0.25, 0.3) is 11.1 Å². The van der Waals surface area contributed by atoms with Crippen LogP contribution in [0.15, 0.2) is 42.7 Å². The normalized spacial score (nSPS) is 12.3. The fourth-order valence-corrected chi connectivity index (χ4v) is 2.61. The Morgan fingerprint density at radius 1 is 1.12 bits per heavy atom. The summed E-state index contributed by atoms with van der Waals surface area (Å²) in [6.45, 7) is 5.15. The number of hydrogen-bond acceptors (Lipinski definition) is 4. The first-order valence-corrected chi connectivity index (χ1v) is 7.86. The number of carbonyl (C=O) groups excluding carboxylic acids is 1. The Hall–Kier alpha value is -2.89. The number of pyridine rings is 1. The van der Waals surface area contributed by atoms with Gasteiger partial charge in [-0.15, -0.1) is 0 Å². The number of aliphatic carboxylic acids is 1. The highest BCUT2D eigenvalue weighted by Crippen LogP contribution is 2.33. The van der Waals surface area contributed by atoms with Crippen molar-refractivity contribution in [1.82, 2.24) is 4.98 Å². The summed E-state index contributed by atoms with van der Waals surface area (Å²) in [6, 6.07) is 9.05. The second kappa shape index (κ2) is 7.34. The van der Waals surface area contributed by atoms with Crippen LogP contribution in [0.4, 0.5) is 5.69 Å². The van der Waals surface area contributed by atoms with Crippen LogP contribution in [0, 0.1) is 11.3 Å². The van der Waals surface area contributed by atoms with Crippen LogP contribution in [0.2, 0.25) is 0 Å². The summed E-state index contributed by atoms with van der Waals surface area (Å²) in [6.07, 6.45) is 3.36. The van der Waals surface area contributed by atoms with Gasteiger partial charge < -0.3 is 15.2 Å². The van der Waals surface area contributed by atoms with Gasteiger partial charge in [-0.25, -0.2) is 0 Å². The van der Waals surface area contributed by atoms with Crippen molar-refractivity contribution in [1.29, 1.82) is 0 Å². The number of nitrogens with zero attached hydrogens (tertiary/aromatic N) is 1. The molecule has 1 heterocycles. The molecular weight excluding hydrogens is 320 g/mol. The molecule has 0 spiro atoms. The van der Waals surface area contributed by atoms with Gasteiger partial charge in [-0.1, -0.05) is 26.8 Å². The first-order valence-electron chi connectivity index (χ1n) is 7.86. The maximum absolute atomic E-state index is 12.6. The van der Waals surface area contributed by atoms with Crippen LogP contribution in [0.3, 0.4) is 0 Å². The van der Waals surface area contributed by atoms with Crippen molar-refractivity contribution in [2.45, 2.75) is 20.8 Å². The van der Waals surface area contributed by atoms with Gasteiger partial charge in [-0.2, -0.15) is 0 Å². The number of carboxylic acid groups (broad SMARTS) is 1. The molecule has 132 valence electrons. The van der Waals surface area contributed by atoms with E-state index in [1.54, 1.807) is 45.3 Å². The van der Waals surface area contributed by atoms with Crippen molar-refractivity contribution in [2.24, 2.45) is 11.3 Å².